The van der Waals surface area contributed by atoms with Crippen LogP contribution in [-0.2, 0) is 12.4 Å². The second-order valence-electron chi connectivity index (χ2n) is 6.49. The largest absolute Gasteiger partial charge is 0.481 e. The van der Waals surface area contributed by atoms with Gasteiger partial charge in [0.25, 0.3) is 0 Å². The Balaban J connectivity index is 1.71. The number of halogens is 6. The zero-order valence-electron chi connectivity index (χ0n) is 16.0. The number of aromatic nitrogens is 3. The number of benzene rings is 1. The zero-order valence-corrected chi connectivity index (χ0v) is 16.9. The Kier molecular flexibility index (Phi) is 5.41. The summed E-state index contributed by atoms with van der Waals surface area (Å²) >= 11 is 0.499. The van der Waals surface area contributed by atoms with Crippen molar-refractivity contribution in [3.8, 4) is 17.1 Å². The van der Waals surface area contributed by atoms with Crippen molar-refractivity contribution >= 4 is 33.7 Å². The molecule has 0 amide bonds. The van der Waals surface area contributed by atoms with Gasteiger partial charge in [0.05, 0.1) is 29.5 Å². The summed E-state index contributed by atoms with van der Waals surface area (Å²) < 4.78 is 83.5. The number of ether oxygens (including phenoxy) is 1. The van der Waals surface area contributed by atoms with E-state index in [0.29, 0.717) is 27.9 Å². The van der Waals surface area contributed by atoms with E-state index in [-0.39, 0.29) is 17.1 Å². The Labute approximate surface area is 180 Å². The summed E-state index contributed by atoms with van der Waals surface area (Å²) in [7, 11) is 1.08. The van der Waals surface area contributed by atoms with Crippen LogP contribution in [0.3, 0.4) is 0 Å². The van der Waals surface area contributed by atoms with Gasteiger partial charge in [0.1, 0.15) is 16.3 Å². The normalized spacial score (nSPS) is 12.2. The zero-order chi connectivity index (χ0) is 23.1. The van der Waals surface area contributed by atoms with Crippen LogP contribution in [0.15, 0.2) is 48.1 Å². The van der Waals surface area contributed by atoms with Gasteiger partial charge in [0.15, 0.2) is 0 Å². The molecule has 4 aromatic rings. The topological polar surface area (TPSA) is 59.9 Å². The highest BCUT2D eigenvalue weighted by Gasteiger charge is 2.36. The summed E-state index contributed by atoms with van der Waals surface area (Å²) in [5.41, 5.74) is 0.970. The lowest BCUT2D eigenvalue weighted by atomic mass is 10.1. The molecule has 0 unspecified atom stereocenters. The highest BCUT2D eigenvalue weighted by Crippen LogP contribution is 2.40. The molecule has 3 heterocycles. The Bertz CT molecular complexity index is 1290. The van der Waals surface area contributed by atoms with E-state index in [1.54, 1.807) is 12.1 Å². The maximum Gasteiger partial charge on any atom is 0.427 e. The average molecular weight is 470 g/mol. The first kappa shape index (κ1) is 21.8. The fraction of sp³-hybridized carbons (Fsp3) is 0.150. The van der Waals surface area contributed by atoms with Gasteiger partial charge in [0.2, 0.25) is 5.88 Å². The predicted molar refractivity (Wildman–Crippen MR) is 107 cm³/mol. The molecule has 1 aromatic carbocycles. The van der Waals surface area contributed by atoms with Crippen molar-refractivity contribution in [1.29, 1.82) is 0 Å². The van der Waals surface area contributed by atoms with Crippen LogP contribution < -0.4 is 10.1 Å². The van der Waals surface area contributed by atoms with Crippen LogP contribution in [0, 0.1) is 0 Å². The molecule has 166 valence electrons. The highest BCUT2D eigenvalue weighted by molar-refractivity contribution is 7.10. The number of rotatable bonds is 4. The monoisotopic (exact) mass is 470 g/mol. The summed E-state index contributed by atoms with van der Waals surface area (Å²) in [6.07, 6.45) is -7.74. The van der Waals surface area contributed by atoms with Gasteiger partial charge in [-0.25, -0.2) is 4.98 Å². The molecule has 0 bridgehead atoms. The van der Waals surface area contributed by atoms with E-state index in [2.05, 4.69) is 20.3 Å². The number of hydrogen-bond acceptors (Lipinski definition) is 6. The van der Waals surface area contributed by atoms with Crippen LogP contribution in [0.25, 0.3) is 22.2 Å². The number of pyridine rings is 2. The van der Waals surface area contributed by atoms with Crippen LogP contribution in [0.2, 0.25) is 0 Å². The second-order valence-corrected chi connectivity index (χ2v) is 7.35. The van der Waals surface area contributed by atoms with Crippen molar-refractivity contribution in [1.82, 2.24) is 15.0 Å². The number of hydrogen-bond donors (Lipinski definition) is 1. The summed E-state index contributed by atoms with van der Waals surface area (Å²) in [6, 6.07) is 8.05. The molecular weight excluding hydrogens is 458 g/mol. The SMILES string of the molecule is COc1nc(Nc2ccnc3cc(-c4ncsc4C(F)(F)F)ccc23)ccc1C(F)(F)F. The molecule has 3 aromatic heterocycles. The van der Waals surface area contributed by atoms with Crippen molar-refractivity contribution in [2.24, 2.45) is 0 Å². The van der Waals surface area contributed by atoms with E-state index in [9.17, 15) is 26.3 Å². The van der Waals surface area contributed by atoms with Crippen molar-refractivity contribution in [2.75, 3.05) is 12.4 Å². The highest BCUT2D eigenvalue weighted by atomic mass is 32.1. The number of alkyl halides is 6. The van der Waals surface area contributed by atoms with Crippen molar-refractivity contribution in [3.05, 3.63) is 58.5 Å². The molecule has 5 nitrogen and oxygen atoms in total. The van der Waals surface area contributed by atoms with Crippen molar-refractivity contribution < 1.29 is 31.1 Å². The van der Waals surface area contributed by atoms with Crippen LogP contribution in [0.1, 0.15) is 10.4 Å². The summed E-state index contributed by atoms with van der Waals surface area (Å²) in [5.74, 6) is -0.503. The number of anilines is 2. The number of nitrogens with one attached hydrogen (secondary N) is 1. The fourth-order valence-electron chi connectivity index (χ4n) is 3.08. The van der Waals surface area contributed by atoms with Crippen LogP contribution in [0.4, 0.5) is 37.8 Å². The molecule has 12 heteroatoms. The molecular formula is C20H12F6N4OS. The second kappa shape index (κ2) is 7.93. The van der Waals surface area contributed by atoms with E-state index >= 15 is 0 Å². The van der Waals surface area contributed by atoms with Crippen LogP contribution in [0.5, 0.6) is 5.88 Å². The Hall–Kier alpha value is -3.41. The van der Waals surface area contributed by atoms with E-state index in [1.165, 1.54) is 18.3 Å². The molecule has 0 atom stereocenters. The number of methoxy groups -OCH3 is 1. The van der Waals surface area contributed by atoms with E-state index in [0.717, 1.165) is 24.8 Å². The Morgan fingerprint density at radius 2 is 1.72 bits per heavy atom. The van der Waals surface area contributed by atoms with Gasteiger partial charge >= 0.3 is 12.4 Å². The van der Waals surface area contributed by atoms with E-state index in [1.807, 2.05) is 0 Å². The first-order valence-corrected chi connectivity index (χ1v) is 9.75. The van der Waals surface area contributed by atoms with E-state index < -0.39 is 28.7 Å². The van der Waals surface area contributed by atoms with Gasteiger partial charge in [-0.3, -0.25) is 4.98 Å². The van der Waals surface area contributed by atoms with Crippen molar-refractivity contribution in [2.45, 2.75) is 12.4 Å². The number of nitrogens with zero attached hydrogens (tertiary/aromatic N) is 3. The van der Waals surface area contributed by atoms with Crippen molar-refractivity contribution in [3.63, 3.8) is 0 Å². The smallest absolute Gasteiger partial charge is 0.427 e. The lowest BCUT2D eigenvalue weighted by molar-refractivity contribution is -0.139. The maximum absolute atomic E-state index is 13.2. The fourth-order valence-corrected chi connectivity index (χ4v) is 3.76. The molecule has 4 rings (SSSR count). The predicted octanol–water partition coefficient (Wildman–Crippen LogP) is 6.54. The van der Waals surface area contributed by atoms with Gasteiger partial charge in [-0.1, -0.05) is 12.1 Å². The molecule has 0 spiro atoms. The molecule has 0 radical (unpaired) electrons. The summed E-state index contributed by atoms with van der Waals surface area (Å²) in [5, 5.41) is 3.43. The standard InChI is InChI=1S/C20H12F6N4OS/c1-31-18-12(19(21,22)23)4-5-15(30-18)29-13-6-7-27-14-8-10(2-3-11(13)14)16-17(20(24,25)26)32-9-28-16/h2-9H,1H3,(H,27,29,30). The number of fused-ring (bicyclic) bond motifs is 1. The Morgan fingerprint density at radius 3 is 2.41 bits per heavy atom. The first-order valence-electron chi connectivity index (χ1n) is 8.87. The molecule has 0 aliphatic heterocycles. The molecule has 0 saturated carbocycles. The minimum atomic E-state index is -4.62. The molecule has 32 heavy (non-hydrogen) atoms. The van der Waals surface area contributed by atoms with Gasteiger partial charge < -0.3 is 10.1 Å². The lowest BCUT2D eigenvalue weighted by Crippen LogP contribution is -2.09. The third-order valence-electron chi connectivity index (χ3n) is 4.46. The lowest BCUT2D eigenvalue weighted by Gasteiger charge is -2.14. The molecule has 0 aliphatic carbocycles. The van der Waals surface area contributed by atoms with Crippen LogP contribution in [-0.4, -0.2) is 22.1 Å². The summed E-state index contributed by atoms with van der Waals surface area (Å²) in [6.45, 7) is 0. The van der Waals surface area contributed by atoms with Gasteiger partial charge in [-0.05, 0) is 24.3 Å². The van der Waals surface area contributed by atoms with E-state index in [4.69, 9.17) is 4.74 Å². The number of thiazole rings is 1. The van der Waals surface area contributed by atoms with Crippen LogP contribution >= 0.6 is 11.3 Å². The molecule has 0 fully saturated rings. The van der Waals surface area contributed by atoms with Gasteiger partial charge in [-0.2, -0.15) is 31.3 Å². The molecule has 0 saturated heterocycles. The Morgan fingerprint density at radius 1 is 0.938 bits per heavy atom. The molecule has 0 aliphatic rings. The average Bonchev–Trinajstić information content (AvgIpc) is 3.23. The maximum atomic E-state index is 13.2. The summed E-state index contributed by atoms with van der Waals surface area (Å²) in [4.78, 5) is 11.1. The molecule has 1 N–H and O–H groups in total. The minimum Gasteiger partial charge on any atom is -0.481 e. The quantitative estimate of drug-likeness (QED) is 0.343. The minimum absolute atomic E-state index is 0.0882. The third-order valence-corrected chi connectivity index (χ3v) is 5.33. The van der Waals surface area contributed by atoms with Gasteiger partial charge in [0, 0.05) is 17.1 Å². The first-order chi connectivity index (χ1) is 15.1. The van der Waals surface area contributed by atoms with Gasteiger partial charge in [-0.15, -0.1) is 11.3 Å². The third kappa shape index (κ3) is 4.17.